The number of alkyl halides is 3. The van der Waals surface area contributed by atoms with Crippen molar-refractivity contribution in [3.63, 3.8) is 0 Å². The van der Waals surface area contributed by atoms with E-state index in [2.05, 4.69) is 44.6 Å². The highest BCUT2D eigenvalue weighted by molar-refractivity contribution is 6.05. The predicted molar refractivity (Wildman–Crippen MR) is 164 cm³/mol. The van der Waals surface area contributed by atoms with E-state index in [0.29, 0.717) is 22.6 Å². The summed E-state index contributed by atoms with van der Waals surface area (Å²) in [5.74, 6) is 6.02. The van der Waals surface area contributed by atoms with Crippen molar-refractivity contribution in [2.75, 3.05) is 39.1 Å². The monoisotopic (exact) mass is 612 g/mol. The van der Waals surface area contributed by atoms with E-state index < -0.39 is 24.2 Å². The van der Waals surface area contributed by atoms with Crippen molar-refractivity contribution in [2.24, 2.45) is 5.92 Å². The van der Waals surface area contributed by atoms with E-state index in [4.69, 9.17) is 4.74 Å². The molecule has 1 aromatic heterocycles. The lowest BCUT2D eigenvalue weighted by Gasteiger charge is -2.35. The van der Waals surface area contributed by atoms with Gasteiger partial charge in [0.15, 0.2) is 0 Å². The first-order valence-electron chi connectivity index (χ1n) is 14.4. The number of carbonyl (C=O) groups excluding carboxylic acids is 2. The molecule has 0 radical (unpaired) electrons. The number of nitrogens with one attached hydrogen (secondary N) is 3. The minimum Gasteiger partial charge on any atom is -0.495 e. The molecule has 12 heteroatoms. The molecular formula is C32H39F3N6O3. The fraction of sp³-hybridized carbons (Fsp3) is 0.469. The van der Waals surface area contributed by atoms with Crippen molar-refractivity contribution in [1.29, 1.82) is 0 Å². The number of benzene rings is 2. The van der Waals surface area contributed by atoms with Crippen molar-refractivity contribution < 1.29 is 27.5 Å². The van der Waals surface area contributed by atoms with Gasteiger partial charge in [-0.1, -0.05) is 18.8 Å². The molecule has 0 saturated carbocycles. The molecule has 1 aliphatic rings. The fourth-order valence-electron chi connectivity index (χ4n) is 5.23. The Morgan fingerprint density at radius 2 is 1.89 bits per heavy atom. The number of carbonyl (C=O) groups is 2. The smallest absolute Gasteiger partial charge is 0.406 e. The van der Waals surface area contributed by atoms with E-state index in [-0.39, 0.29) is 41.0 Å². The number of methoxy groups -OCH3 is 1. The third-order valence-corrected chi connectivity index (χ3v) is 7.29. The van der Waals surface area contributed by atoms with Crippen LogP contribution in [0.3, 0.4) is 0 Å². The summed E-state index contributed by atoms with van der Waals surface area (Å²) in [6.45, 7) is 8.28. The average molecular weight is 613 g/mol. The Balaban J connectivity index is 1.60. The third kappa shape index (κ3) is 8.44. The van der Waals surface area contributed by atoms with Crippen LogP contribution in [-0.2, 0) is 6.54 Å². The molecule has 4 rings (SSSR count). The number of halogens is 3. The Hall–Kier alpha value is -4.24. The number of rotatable bonds is 7. The molecule has 0 aliphatic carbocycles. The minimum atomic E-state index is -4.47. The quantitative estimate of drug-likeness (QED) is 0.336. The lowest BCUT2D eigenvalue weighted by Crippen LogP contribution is -2.48. The van der Waals surface area contributed by atoms with Gasteiger partial charge in [-0.3, -0.25) is 9.59 Å². The van der Waals surface area contributed by atoms with Gasteiger partial charge in [-0.25, -0.2) is 4.98 Å². The average Bonchev–Trinajstić information content (AvgIpc) is 3.32. The molecule has 0 unspecified atom stereocenters. The van der Waals surface area contributed by atoms with Crippen LogP contribution in [0, 0.1) is 17.8 Å². The second kappa shape index (κ2) is 13.2. The van der Waals surface area contributed by atoms with E-state index in [9.17, 15) is 22.8 Å². The van der Waals surface area contributed by atoms with Crippen molar-refractivity contribution >= 4 is 28.5 Å². The number of nitrogens with zero attached hydrogens (tertiary/aromatic N) is 3. The van der Waals surface area contributed by atoms with Gasteiger partial charge >= 0.3 is 6.18 Å². The Morgan fingerprint density at radius 1 is 1.14 bits per heavy atom. The van der Waals surface area contributed by atoms with Crippen LogP contribution in [0.5, 0.6) is 5.75 Å². The summed E-state index contributed by atoms with van der Waals surface area (Å²) >= 11 is 0. The molecule has 3 N–H and O–H groups in total. The first-order chi connectivity index (χ1) is 20.6. The zero-order valence-electron chi connectivity index (χ0n) is 25.9. The predicted octanol–water partition coefficient (Wildman–Crippen LogP) is 4.67. The molecule has 1 aliphatic heterocycles. The number of ether oxygens (including phenoxy) is 1. The van der Waals surface area contributed by atoms with Crippen molar-refractivity contribution in [2.45, 2.75) is 58.4 Å². The molecule has 2 heterocycles. The minimum absolute atomic E-state index is 0.0684. The van der Waals surface area contributed by atoms with Crippen LogP contribution in [0.1, 0.15) is 60.4 Å². The van der Waals surface area contributed by atoms with E-state index >= 15 is 0 Å². The number of hydrogen-bond acceptors (Lipinski definition) is 6. The summed E-state index contributed by atoms with van der Waals surface area (Å²) in [7, 11) is 3.54. The van der Waals surface area contributed by atoms with Gasteiger partial charge in [-0.05, 0) is 77.0 Å². The molecule has 236 valence electrons. The normalized spacial score (nSPS) is 17.5. The SMILES string of the molecule is COc1ccc(C(=O)NC(C)(C)C)cc1NCC#Cc1cc(C(=O)N[C@H]2CCN(C)C[C@@H]2C)c2ncn(CC(F)(F)F)c2c1. The van der Waals surface area contributed by atoms with E-state index in [1.165, 1.54) is 13.2 Å². The molecule has 3 aromatic rings. The summed E-state index contributed by atoms with van der Waals surface area (Å²) in [5, 5.41) is 9.12. The van der Waals surface area contributed by atoms with Crippen LogP contribution in [0.15, 0.2) is 36.7 Å². The summed E-state index contributed by atoms with van der Waals surface area (Å²) in [6, 6.07) is 8.01. The standard InChI is InChI=1S/C32H39F3N6O3/c1-20-17-40(5)13-11-24(20)38-30(43)23-14-21(15-26-28(23)37-19-41(26)18-32(33,34)35)8-7-12-36-25-16-22(9-10-27(25)44-6)29(42)39-31(2,3)4/h9-10,14-16,19-20,24,36H,11-13,17-18H2,1-6H3,(H,38,43)(H,39,42)/t20-,24-/m0/s1. The zero-order valence-corrected chi connectivity index (χ0v) is 25.9. The molecule has 1 fully saturated rings. The second-order valence-corrected chi connectivity index (χ2v) is 12.3. The Morgan fingerprint density at radius 3 is 2.55 bits per heavy atom. The topological polar surface area (TPSA) is 101 Å². The number of aromatic nitrogens is 2. The van der Waals surface area contributed by atoms with Crippen LogP contribution < -0.4 is 20.7 Å². The molecule has 2 aromatic carbocycles. The van der Waals surface area contributed by atoms with Gasteiger partial charge in [-0.2, -0.15) is 13.2 Å². The third-order valence-electron chi connectivity index (χ3n) is 7.29. The van der Waals surface area contributed by atoms with Gasteiger partial charge in [0.2, 0.25) is 0 Å². The second-order valence-electron chi connectivity index (χ2n) is 12.3. The van der Waals surface area contributed by atoms with Crippen LogP contribution in [0.2, 0.25) is 0 Å². The number of anilines is 1. The molecule has 44 heavy (non-hydrogen) atoms. The summed E-state index contributed by atoms with van der Waals surface area (Å²) in [5.41, 5.74) is 1.48. The Bertz CT molecular complexity index is 1580. The number of amides is 2. The molecule has 0 bridgehead atoms. The van der Waals surface area contributed by atoms with Crippen molar-refractivity contribution in [3.05, 3.63) is 53.3 Å². The highest BCUT2D eigenvalue weighted by Crippen LogP contribution is 2.27. The van der Waals surface area contributed by atoms with Gasteiger partial charge in [0, 0.05) is 29.3 Å². The van der Waals surface area contributed by atoms with Gasteiger partial charge in [-0.15, -0.1) is 0 Å². The van der Waals surface area contributed by atoms with Crippen molar-refractivity contribution in [1.82, 2.24) is 25.1 Å². The number of fused-ring (bicyclic) bond motifs is 1. The summed E-state index contributed by atoms with van der Waals surface area (Å²) in [4.78, 5) is 32.5. The first kappa shape index (κ1) is 32.7. The number of piperidine rings is 1. The lowest BCUT2D eigenvalue weighted by atomic mass is 9.93. The van der Waals surface area contributed by atoms with Gasteiger partial charge in [0.1, 0.15) is 17.8 Å². The maximum absolute atomic E-state index is 13.5. The molecule has 2 amide bonds. The first-order valence-corrected chi connectivity index (χ1v) is 14.4. The molecular weight excluding hydrogens is 573 g/mol. The summed E-state index contributed by atoms with van der Waals surface area (Å²) in [6.07, 6.45) is -2.60. The Kier molecular flexibility index (Phi) is 9.78. The van der Waals surface area contributed by atoms with Crippen LogP contribution >= 0.6 is 0 Å². The summed E-state index contributed by atoms with van der Waals surface area (Å²) < 4.78 is 46.3. The number of hydrogen-bond donors (Lipinski definition) is 3. The van der Waals surface area contributed by atoms with E-state index in [0.717, 1.165) is 30.4 Å². The van der Waals surface area contributed by atoms with Gasteiger partial charge in [0.25, 0.3) is 11.8 Å². The maximum atomic E-state index is 13.5. The molecule has 2 atom stereocenters. The molecule has 0 spiro atoms. The highest BCUT2D eigenvalue weighted by atomic mass is 19.4. The lowest BCUT2D eigenvalue weighted by molar-refractivity contribution is -0.139. The number of imidazole rings is 1. The van der Waals surface area contributed by atoms with Crippen molar-refractivity contribution in [3.8, 4) is 17.6 Å². The fourth-order valence-corrected chi connectivity index (χ4v) is 5.23. The van der Waals surface area contributed by atoms with E-state index in [1.54, 1.807) is 24.3 Å². The van der Waals surface area contributed by atoms with E-state index in [1.807, 2.05) is 27.8 Å². The maximum Gasteiger partial charge on any atom is 0.406 e. The zero-order chi connectivity index (χ0) is 32.2. The van der Waals surface area contributed by atoms with Crippen LogP contribution in [-0.4, -0.2) is 77.8 Å². The number of likely N-dealkylation sites (tertiary alicyclic amines) is 1. The van der Waals surface area contributed by atoms with Gasteiger partial charge < -0.3 is 30.2 Å². The largest absolute Gasteiger partial charge is 0.495 e. The highest BCUT2D eigenvalue weighted by Gasteiger charge is 2.30. The molecule has 1 saturated heterocycles. The van der Waals surface area contributed by atoms with Crippen LogP contribution in [0.4, 0.5) is 18.9 Å². The molecule has 9 nitrogen and oxygen atoms in total. The van der Waals surface area contributed by atoms with Crippen LogP contribution in [0.25, 0.3) is 11.0 Å². The Labute approximate surface area is 255 Å². The van der Waals surface area contributed by atoms with Gasteiger partial charge in [0.05, 0.1) is 36.7 Å².